The second-order valence-corrected chi connectivity index (χ2v) is 3.58. The summed E-state index contributed by atoms with van der Waals surface area (Å²) in [5.74, 6) is -0.756. The molecule has 0 aliphatic carbocycles. The summed E-state index contributed by atoms with van der Waals surface area (Å²) in [6.45, 7) is 2.01. The minimum Gasteiger partial charge on any atom is -0.466 e. The third kappa shape index (κ3) is 3.44. The second kappa shape index (κ2) is 6.58. The lowest BCUT2D eigenvalue weighted by Crippen LogP contribution is -2.26. The first kappa shape index (κ1) is 14.0. The van der Waals surface area contributed by atoms with Gasteiger partial charge in [-0.25, -0.2) is 4.79 Å². The molecule has 6 heteroatoms. The van der Waals surface area contributed by atoms with E-state index in [-0.39, 0.29) is 18.3 Å². The molecule has 0 saturated carbocycles. The molecule has 0 bridgehead atoms. The van der Waals surface area contributed by atoms with Gasteiger partial charge < -0.3 is 9.47 Å². The van der Waals surface area contributed by atoms with Crippen molar-refractivity contribution in [1.82, 2.24) is 4.90 Å². The molecule has 0 N–H and O–H groups in total. The molecule has 1 aliphatic rings. The van der Waals surface area contributed by atoms with Crippen molar-refractivity contribution in [3.8, 4) is 0 Å². The smallest absolute Gasteiger partial charge is 0.417 e. The van der Waals surface area contributed by atoms with E-state index >= 15 is 0 Å². The van der Waals surface area contributed by atoms with Crippen molar-refractivity contribution in [2.75, 3.05) is 13.7 Å². The Morgan fingerprint density at radius 2 is 2.22 bits per heavy atom. The highest BCUT2D eigenvalue weighted by Gasteiger charge is 2.22. The van der Waals surface area contributed by atoms with Crippen LogP contribution < -0.4 is 0 Å². The lowest BCUT2D eigenvalue weighted by molar-refractivity contribution is -0.143. The molecule has 0 spiro atoms. The van der Waals surface area contributed by atoms with E-state index in [0.717, 1.165) is 4.90 Å². The van der Waals surface area contributed by atoms with E-state index in [2.05, 4.69) is 4.74 Å². The number of carbonyl (C=O) groups is 3. The predicted molar refractivity (Wildman–Crippen MR) is 62.3 cm³/mol. The minimum absolute atomic E-state index is 0.0733. The first-order valence-electron chi connectivity index (χ1n) is 5.49. The van der Waals surface area contributed by atoms with E-state index in [0.29, 0.717) is 18.5 Å². The monoisotopic (exact) mass is 253 g/mol. The molecule has 1 amide bonds. The lowest BCUT2D eigenvalue weighted by atomic mass is 9.95. The van der Waals surface area contributed by atoms with Gasteiger partial charge in [-0.3, -0.25) is 14.5 Å². The molecule has 1 aliphatic heterocycles. The van der Waals surface area contributed by atoms with Crippen molar-refractivity contribution in [3.63, 3.8) is 0 Å². The van der Waals surface area contributed by atoms with Gasteiger partial charge in [0.05, 0.1) is 20.1 Å². The Morgan fingerprint density at radius 3 is 2.78 bits per heavy atom. The van der Waals surface area contributed by atoms with E-state index in [1.807, 2.05) is 0 Å². The van der Waals surface area contributed by atoms with Crippen LogP contribution in [0.4, 0.5) is 4.79 Å². The van der Waals surface area contributed by atoms with Crippen LogP contribution in [0.2, 0.25) is 0 Å². The Bertz CT molecular complexity index is 399. The van der Waals surface area contributed by atoms with Crippen molar-refractivity contribution in [2.45, 2.75) is 13.3 Å². The number of methoxy groups -OCH3 is 1. The van der Waals surface area contributed by atoms with Crippen LogP contribution in [0.25, 0.3) is 0 Å². The molecule has 0 aromatic heterocycles. The fraction of sp³-hybridized carbons (Fsp3) is 0.417. The van der Waals surface area contributed by atoms with E-state index < -0.39 is 6.09 Å². The molecule has 1 atom stereocenters. The van der Waals surface area contributed by atoms with Gasteiger partial charge in [0.15, 0.2) is 0 Å². The normalized spacial score (nSPS) is 18.0. The Hall–Kier alpha value is -2.11. The SMILES string of the molecule is CCOC(=O)CC1C=CN(C(=O)OC)C=C1C=O. The Labute approximate surface area is 105 Å². The molecule has 0 aromatic carbocycles. The molecule has 1 heterocycles. The maximum atomic E-state index is 11.3. The highest BCUT2D eigenvalue weighted by molar-refractivity contribution is 5.81. The van der Waals surface area contributed by atoms with Crippen LogP contribution in [-0.2, 0) is 19.1 Å². The van der Waals surface area contributed by atoms with Gasteiger partial charge in [-0.15, -0.1) is 0 Å². The number of hydrogen-bond donors (Lipinski definition) is 0. The third-order valence-electron chi connectivity index (χ3n) is 2.41. The molecule has 18 heavy (non-hydrogen) atoms. The fourth-order valence-corrected chi connectivity index (χ4v) is 1.53. The lowest BCUT2D eigenvalue weighted by Gasteiger charge is -2.21. The first-order chi connectivity index (χ1) is 8.62. The maximum Gasteiger partial charge on any atom is 0.417 e. The number of nitrogens with zero attached hydrogens (tertiary/aromatic N) is 1. The van der Waals surface area contributed by atoms with E-state index in [9.17, 15) is 14.4 Å². The average Bonchev–Trinajstić information content (AvgIpc) is 2.38. The van der Waals surface area contributed by atoms with Gasteiger partial charge in [0.2, 0.25) is 0 Å². The molecular formula is C12H15NO5. The van der Waals surface area contributed by atoms with Gasteiger partial charge in [-0.1, -0.05) is 6.08 Å². The number of carbonyl (C=O) groups excluding carboxylic acids is 3. The Morgan fingerprint density at radius 1 is 1.50 bits per heavy atom. The number of hydrogen-bond acceptors (Lipinski definition) is 5. The predicted octanol–water partition coefficient (Wildman–Crippen LogP) is 1.23. The number of allylic oxidation sites excluding steroid dienone is 2. The van der Waals surface area contributed by atoms with Crippen molar-refractivity contribution < 1.29 is 23.9 Å². The van der Waals surface area contributed by atoms with Crippen LogP contribution >= 0.6 is 0 Å². The minimum atomic E-state index is -0.597. The van der Waals surface area contributed by atoms with Crippen molar-refractivity contribution in [3.05, 3.63) is 24.0 Å². The van der Waals surface area contributed by atoms with Crippen molar-refractivity contribution in [1.29, 1.82) is 0 Å². The summed E-state index contributed by atoms with van der Waals surface area (Å²) in [6.07, 6.45) is 4.50. The Balaban J connectivity index is 2.74. The topological polar surface area (TPSA) is 72.9 Å². The summed E-state index contributed by atoms with van der Waals surface area (Å²) in [4.78, 5) is 34.7. The van der Waals surface area contributed by atoms with Crippen LogP contribution in [0.1, 0.15) is 13.3 Å². The van der Waals surface area contributed by atoms with Crippen LogP contribution in [0.3, 0.4) is 0 Å². The number of amides is 1. The van der Waals surface area contributed by atoms with Crippen molar-refractivity contribution >= 4 is 18.3 Å². The van der Waals surface area contributed by atoms with Crippen LogP contribution in [0.5, 0.6) is 0 Å². The molecule has 6 nitrogen and oxygen atoms in total. The van der Waals surface area contributed by atoms with Gasteiger partial charge >= 0.3 is 12.1 Å². The fourth-order valence-electron chi connectivity index (χ4n) is 1.53. The number of rotatable bonds is 4. The van der Waals surface area contributed by atoms with Crippen LogP contribution in [0.15, 0.2) is 24.0 Å². The highest BCUT2D eigenvalue weighted by Crippen LogP contribution is 2.22. The molecular weight excluding hydrogens is 238 g/mol. The van der Waals surface area contributed by atoms with Gasteiger partial charge in [0.25, 0.3) is 0 Å². The molecule has 1 rings (SSSR count). The van der Waals surface area contributed by atoms with Crippen molar-refractivity contribution in [2.24, 2.45) is 5.92 Å². The standard InChI is InChI=1S/C12H15NO5/c1-3-18-11(15)6-9-4-5-13(12(16)17-2)7-10(9)8-14/h4-5,7-9H,3,6H2,1-2H3. The van der Waals surface area contributed by atoms with E-state index in [4.69, 9.17) is 4.74 Å². The largest absolute Gasteiger partial charge is 0.466 e. The van der Waals surface area contributed by atoms with Gasteiger partial charge in [0, 0.05) is 23.9 Å². The average molecular weight is 253 g/mol. The van der Waals surface area contributed by atoms with Gasteiger partial charge in [0.1, 0.15) is 6.29 Å². The van der Waals surface area contributed by atoms with E-state index in [1.54, 1.807) is 13.0 Å². The zero-order valence-electron chi connectivity index (χ0n) is 10.3. The molecule has 98 valence electrons. The zero-order chi connectivity index (χ0) is 13.5. The molecule has 0 aromatic rings. The Kier molecular flexibility index (Phi) is 5.10. The summed E-state index contributed by atoms with van der Waals surface area (Å²) in [6, 6.07) is 0. The number of aldehydes is 1. The van der Waals surface area contributed by atoms with Crippen LogP contribution in [-0.4, -0.2) is 37.0 Å². The van der Waals surface area contributed by atoms with E-state index in [1.165, 1.54) is 19.5 Å². The van der Waals surface area contributed by atoms with Gasteiger partial charge in [-0.05, 0) is 6.92 Å². The highest BCUT2D eigenvalue weighted by atomic mass is 16.5. The first-order valence-corrected chi connectivity index (χ1v) is 5.49. The summed E-state index contributed by atoms with van der Waals surface area (Å²) >= 11 is 0. The summed E-state index contributed by atoms with van der Waals surface area (Å²) in [5.41, 5.74) is 0.330. The quantitative estimate of drug-likeness (QED) is 0.556. The summed E-state index contributed by atoms with van der Waals surface area (Å²) in [7, 11) is 1.25. The molecule has 0 radical (unpaired) electrons. The zero-order valence-corrected chi connectivity index (χ0v) is 10.3. The number of esters is 1. The maximum absolute atomic E-state index is 11.3. The van der Waals surface area contributed by atoms with Gasteiger partial charge in [-0.2, -0.15) is 0 Å². The third-order valence-corrected chi connectivity index (χ3v) is 2.41. The summed E-state index contributed by atoms with van der Waals surface area (Å²) in [5, 5.41) is 0. The van der Waals surface area contributed by atoms with Crippen LogP contribution in [0, 0.1) is 5.92 Å². The molecule has 1 unspecified atom stereocenters. The molecule has 0 saturated heterocycles. The summed E-state index contributed by atoms with van der Waals surface area (Å²) < 4.78 is 9.33. The number of ether oxygens (including phenoxy) is 2. The molecule has 0 fully saturated rings. The second-order valence-electron chi connectivity index (χ2n) is 3.58.